The second-order valence-corrected chi connectivity index (χ2v) is 5.80. The molecule has 0 aromatic carbocycles. The molecule has 0 amide bonds. The first-order chi connectivity index (χ1) is 10.3. The summed E-state index contributed by atoms with van der Waals surface area (Å²) in [4.78, 5) is 17.1. The van der Waals surface area contributed by atoms with Gasteiger partial charge in [-0.15, -0.1) is 0 Å². The van der Waals surface area contributed by atoms with Gasteiger partial charge in [0, 0.05) is 13.1 Å². The van der Waals surface area contributed by atoms with Crippen LogP contribution in [0.15, 0.2) is 12.7 Å². The number of nitrogens with one attached hydrogen (secondary N) is 2. The van der Waals surface area contributed by atoms with Gasteiger partial charge < -0.3 is 10.6 Å². The van der Waals surface area contributed by atoms with E-state index in [-0.39, 0.29) is 0 Å². The SMILES string of the molecule is CNc1nc(NC2CC3CCC2C3)nc(-n2cncn2)n1. The van der Waals surface area contributed by atoms with Gasteiger partial charge in [0.15, 0.2) is 0 Å². The molecule has 3 atom stereocenters. The molecule has 8 nitrogen and oxygen atoms in total. The summed E-state index contributed by atoms with van der Waals surface area (Å²) in [6.07, 6.45) is 8.32. The molecule has 110 valence electrons. The lowest BCUT2D eigenvalue weighted by Crippen LogP contribution is -2.27. The lowest BCUT2D eigenvalue weighted by atomic mass is 9.95. The van der Waals surface area contributed by atoms with Crippen molar-refractivity contribution in [3.8, 4) is 5.95 Å². The molecule has 0 aliphatic heterocycles. The van der Waals surface area contributed by atoms with E-state index in [9.17, 15) is 0 Å². The van der Waals surface area contributed by atoms with Gasteiger partial charge in [-0.2, -0.15) is 24.7 Å². The van der Waals surface area contributed by atoms with Crippen LogP contribution in [-0.2, 0) is 0 Å². The van der Waals surface area contributed by atoms with Crippen LogP contribution in [0.25, 0.3) is 5.95 Å². The molecule has 21 heavy (non-hydrogen) atoms. The van der Waals surface area contributed by atoms with Crippen LogP contribution in [0.1, 0.15) is 25.7 Å². The maximum atomic E-state index is 4.46. The largest absolute Gasteiger partial charge is 0.357 e. The molecule has 8 heteroatoms. The summed E-state index contributed by atoms with van der Waals surface area (Å²) in [5, 5.41) is 10.5. The van der Waals surface area contributed by atoms with Crippen molar-refractivity contribution in [2.75, 3.05) is 17.7 Å². The maximum absolute atomic E-state index is 4.46. The first kappa shape index (κ1) is 12.5. The third-order valence-electron chi connectivity index (χ3n) is 4.52. The van der Waals surface area contributed by atoms with Gasteiger partial charge in [-0.05, 0) is 31.1 Å². The summed E-state index contributed by atoms with van der Waals surface area (Å²) in [7, 11) is 1.79. The monoisotopic (exact) mass is 286 g/mol. The van der Waals surface area contributed by atoms with Crippen LogP contribution in [0.5, 0.6) is 0 Å². The predicted octanol–water partition coefficient (Wildman–Crippen LogP) is 1.09. The lowest BCUT2D eigenvalue weighted by molar-refractivity contribution is 0.438. The highest BCUT2D eigenvalue weighted by Crippen LogP contribution is 2.45. The molecule has 2 aromatic heterocycles. The standard InChI is InChI=1S/C13H18N8/c1-14-11-18-12(17-10-5-8-2-3-9(10)4-8)20-13(19-11)21-7-15-6-16-21/h6-10H,2-5H2,1H3,(H2,14,17,18,19,20). The van der Waals surface area contributed by atoms with Crippen molar-refractivity contribution >= 4 is 11.9 Å². The Kier molecular flexibility index (Phi) is 2.94. The Morgan fingerprint density at radius 2 is 2.05 bits per heavy atom. The third kappa shape index (κ3) is 2.30. The molecule has 3 unspecified atom stereocenters. The highest BCUT2D eigenvalue weighted by molar-refractivity contribution is 5.38. The summed E-state index contributed by atoms with van der Waals surface area (Å²) in [6.45, 7) is 0. The fourth-order valence-corrected chi connectivity index (χ4v) is 3.54. The van der Waals surface area contributed by atoms with Crippen LogP contribution in [-0.4, -0.2) is 42.8 Å². The second kappa shape index (κ2) is 4.94. The number of aromatic nitrogens is 6. The summed E-state index contributed by atoms with van der Waals surface area (Å²) in [6, 6.07) is 0.486. The Labute approximate surface area is 122 Å². The lowest BCUT2D eigenvalue weighted by Gasteiger charge is -2.23. The molecule has 2 saturated carbocycles. The van der Waals surface area contributed by atoms with E-state index in [1.807, 2.05) is 0 Å². The topological polar surface area (TPSA) is 93.4 Å². The average Bonchev–Trinajstić information content (AvgIpc) is 3.24. The van der Waals surface area contributed by atoms with E-state index in [4.69, 9.17) is 0 Å². The van der Waals surface area contributed by atoms with Gasteiger partial charge in [0.2, 0.25) is 11.9 Å². The van der Waals surface area contributed by atoms with Gasteiger partial charge in [0.1, 0.15) is 12.7 Å². The molecule has 2 heterocycles. The van der Waals surface area contributed by atoms with Gasteiger partial charge in [0.25, 0.3) is 5.95 Å². The van der Waals surface area contributed by atoms with E-state index in [1.54, 1.807) is 13.4 Å². The van der Waals surface area contributed by atoms with E-state index in [2.05, 4.69) is 35.7 Å². The minimum atomic E-state index is 0.470. The molecule has 2 aliphatic rings. The number of hydrogen-bond acceptors (Lipinski definition) is 7. The van der Waals surface area contributed by atoms with Gasteiger partial charge in [-0.1, -0.05) is 6.42 Å². The number of hydrogen-bond donors (Lipinski definition) is 2. The molecule has 2 fully saturated rings. The van der Waals surface area contributed by atoms with Crippen molar-refractivity contribution < 1.29 is 0 Å². The number of nitrogens with zero attached hydrogens (tertiary/aromatic N) is 6. The van der Waals surface area contributed by atoms with Gasteiger partial charge in [-0.3, -0.25) is 0 Å². The molecular formula is C13H18N8. The van der Waals surface area contributed by atoms with Crippen LogP contribution in [0.2, 0.25) is 0 Å². The van der Waals surface area contributed by atoms with E-state index in [0.29, 0.717) is 23.9 Å². The molecule has 4 rings (SSSR count). The molecule has 0 spiro atoms. The first-order valence-corrected chi connectivity index (χ1v) is 7.37. The van der Waals surface area contributed by atoms with E-state index >= 15 is 0 Å². The fraction of sp³-hybridized carbons (Fsp3) is 0.615. The van der Waals surface area contributed by atoms with Crippen LogP contribution in [0, 0.1) is 11.8 Å². The molecule has 2 bridgehead atoms. The quantitative estimate of drug-likeness (QED) is 0.869. The van der Waals surface area contributed by atoms with Crippen molar-refractivity contribution in [3.05, 3.63) is 12.7 Å². The second-order valence-electron chi connectivity index (χ2n) is 5.80. The van der Waals surface area contributed by atoms with E-state index in [1.165, 1.54) is 36.7 Å². The molecular weight excluding hydrogens is 268 g/mol. The Morgan fingerprint density at radius 1 is 1.14 bits per heavy atom. The minimum Gasteiger partial charge on any atom is -0.357 e. The minimum absolute atomic E-state index is 0.470. The van der Waals surface area contributed by atoms with Crippen molar-refractivity contribution in [2.45, 2.75) is 31.7 Å². The molecule has 2 N–H and O–H groups in total. The van der Waals surface area contributed by atoms with Crippen LogP contribution < -0.4 is 10.6 Å². The highest BCUT2D eigenvalue weighted by atomic mass is 15.4. The number of anilines is 2. The summed E-state index contributed by atoms with van der Waals surface area (Å²) >= 11 is 0. The van der Waals surface area contributed by atoms with Gasteiger partial charge in [0.05, 0.1) is 0 Å². The van der Waals surface area contributed by atoms with Crippen LogP contribution >= 0.6 is 0 Å². The first-order valence-electron chi connectivity index (χ1n) is 7.37. The number of fused-ring (bicyclic) bond motifs is 2. The smallest absolute Gasteiger partial charge is 0.258 e. The Bertz CT molecular complexity index is 625. The average molecular weight is 286 g/mol. The van der Waals surface area contributed by atoms with Crippen LogP contribution in [0.3, 0.4) is 0 Å². The molecule has 0 saturated heterocycles. The molecule has 2 aromatic rings. The normalized spacial score (nSPS) is 27.0. The van der Waals surface area contributed by atoms with Gasteiger partial charge >= 0.3 is 0 Å². The Morgan fingerprint density at radius 3 is 2.71 bits per heavy atom. The van der Waals surface area contributed by atoms with E-state index in [0.717, 1.165) is 11.8 Å². The molecule has 0 radical (unpaired) electrons. The molecule has 2 aliphatic carbocycles. The Hall–Kier alpha value is -2.25. The van der Waals surface area contributed by atoms with Crippen molar-refractivity contribution in [1.29, 1.82) is 0 Å². The number of rotatable bonds is 4. The van der Waals surface area contributed by atoms with Crippen LogP contribution in [0.4, 0.5) is 11.9 Å². The zero-order valence-corrected chi connectivity index (χ0v) is 11.9. The highest BCUT2D eigenvalue weighted by Gasteiger charge is 2.39. The summed E-state index contributed by atoms with van der Waals surface area (Å²) in [5.41, 5.74) is 0. The fourth-order valence-electron chi connectivity index (χ4n) is 3.54. The maximum Gasteiger partial charge on any atom is 0.258 e. The predicted molar refractivity (Wildman–Crippen MR) is 77.1 cm³/mol. The zero-order valence-electron chi connectivity index (χ0n) is 11.9. The van der Waals surface area contributed by atoms with Gasteiger partial charge in [-0.25, -0.2) is 4.98 Å². The summed E-state index contributed by atoms with van der Waals surface area (Å²) in [5.74, 6) is 3.25. The zero-order chi connectivity index (χ0) is 14.2. The summed E-state index contributed by atoms with van der Waals surface area (Å²) < 4.78 is 1.54. The van der Waals surface area contributed by atoms with Crippen molar-refractivity contribution in [1.82, 2.24) is 29.7 Å². The van der Waals surface area contributed by atoms with E-state index < -0.39 is 0 Å². The third-order valence-corrected chi connectivity index (χ3v) is 4.52. The van der Waals surface area contributed by atoms with Crippen molar-refractivity contribution in [2.24, 2.45) is 11.8 Å². The Balaban J connectivity index is 1.61. The van der Waals surface area contributed by atoms with Crippen molar-refractivity contribution in [3.63, 3.8) is 0 Å².